The molecule has 7 nitrogen and oxygen atoms in total. The van der Waals surface area contributed by atoms with Crippen LogP contribution < -0.4 is 15.4 Å². The van der Waals surface area contributed by atoms with Crippen molar-refractivity contribution in [2.45, 2.75) is 52.0 Å². The zero-order valence-corrected chi connectivity index (χ0v) is 19.8. The lowest BCUT2D eigenvalue weighted by atomic mass is 10.2. The van der Waals surface area contributed by atoms with Gasteiger partial charge in [-0.25, -0.2) is 0 Å². The molecule has 0 fully saturated rings. The molecule has 0 radical (unpaired) electrons. The van der Waals surface area contributed by atoms with Crippen molar-refractivity contribution in [1.82, 2.24) is 25.4 Å². The van der Waals surface area contributed by atoms with Crippen LogP contribution in [0.25, 0.3) is 0 Å². The van der Waals surface area contributed by atoms with Crippen LogP contribution in [-0.2, 0) is 19.4 Å². The molecule has 0 spiro atoms. The van der Waals surface area contributed by atoms with Gasteiger partial charge in [0.1, 0.15) is 24.0 Å². The molecule has 2 N–H and O–H groups in total. The normalized spacial score (nSPS) is 13.8. The number of ether oxygens (including phenoxy) is 1. The second kappa shape index (κ2) is 12.7. The molecule has 2 aromatic rings. The SMILES string of the molecule is CN=C(NCCCc1nnc2n1CCCCC2)NCCOc1ccc(C)cc1.I. The summed E-state index contributed by atoms with van der Waals surface area (Å²) in [4.78, 5) is 4.27. The molecule has 2 heterocycles. The molecule has 0 amide bonds. The molecule has 1 aliphatic heterocycles. The van der Waals surface area contributed by atoms with Gasteiger partial charge in [-0.3, -0.25) is 4.99 Å². The van der Waals surface area contributed by atoms with Crippen LogP contribution in [0.3, 0.4) is 0 Å². The van der Waals surface area contributed by atoms with Crippen molar-refractivity contribution in [3.05, 3.63) is 41.5 Å². The van der Waals surface area contributed by atoms with E-state index in [0.29, 0.717) is 13.2 Å². The van der Waals surface area contributed by atoms with Gasteiger partial charge in [0.25, 0.3) is 0 Å². The predicted octanol–water partition coefficient (Wildman–Crippen LogP) is 3.11. The Morgan fingerprint density at radius 3 is 2.69 bits per heavy atom. The zero-order valence-electron chi connectivity index (χ0n) is 17.5. The number of fused-ring (bicyclic) bond motifs is 1. The summed E-state index contributed by atoms with van der Waals surface area (Å²) in [6.07, 6.45) is 6.76. The number of nitrogens with one attached hydrogen (secondary N) is 2. The fraction of sp³-hybridized carbons (Fsp3) is 0.571. The van der Waals surface area contributed by atoms with E-state index in [2.05, 4.69) is 49.4 Å². The van der Waals surface area contributed by atoms with E-state index >= 15 is 0 Å². The Kier molecular flexibility index (Phi) is 10.2. The first-order valence-electron chi connectivity index (χ1n) is 10.3. The number of aromatic nitrogens is 3. The summed E-state index contributed by atoms with van der Waals surface area (Å²) in [5, 5.41) is 15.4. The van der Waals surface area contributed by atoms with Crippen LogP contribution in [0.2, 0.25) is 0 Å². The highest BCUT2D eigenvalue weighted by atomic mass is 127. The number of hydrogen-bond donors (Lipinski definition) is 2. The highest BCUT2D eigenvalue weighted by Crippen LogP contribution is 2.15. The van der Waals surface area contributed by atoms with Crippen molar-refractivity contribution in [3.63, 3.8) is 0 Å². The minimum atomic E-state index is 0. The fourth-order valence-corrected chi connectivity index (χ4v) is 3.38. The van der Waals surface area contributed by atoms with Gasteiger partial charge in [0.05, 0.1) is 6.54 Å². The Morgan fingerprint density at radius 1 is 1.10 bits per heavy atom. The Balaban J connectivity index is 0.00000300. The lowest BCUT2D eigenvalue weighted by molar-refractivity contribution is 0.322. The molecule has 0 unspecified atom stereocenters. The summed E-state index contributed by atoms with van der Waals surface area (Å²) in [6, 6.07) is 8.09. The second-order valence-electron chi connectivity index (χ2n) is 7.19. The van der Waals surface area contributed by atoms with Crippen molar-refractivity contribution in [1.29, 1.82) is 0 Å². The minimum Gasteiger partial charge on any atom is -0.492 e. The largest absolute Gasteiger partial charge is 0.492 e. The first-order valence-corrected chi connectivity index (χ1v) is 10.3. The van der Waals surface area contributed by atoms with Crippen LogP contribution in [0.1, 0.15) is 42.9 Å². The lowest BCUT2D eigenvalue weighted by Crippen LogP contribution is -2.39. The molecule has 0 aliphatic carbocycles. The first-order chi connectivity index (χ1) is 13.8. The Morgan fingerprint density at radius 2 is 1.90 bits per heavy atom. The standard InChI is InChI=1S/C21H32N6O.HI/c1-17-9-11-18(12-10-17)28-16-14-24-21(22-2)23-13-6-8-20-26-25-19-7-4-3-5-15-27(19)20;/h9-12H,3-8,13-16H2,1-2H3,(H2,22,23,24);1H. The molecule has 29 heavy (non-hydrogen) atoms. The Hall–Kier alpha value is -1.84. The summed E-state index contributed by atoms with van der Waals surface area (Å²) < 4.78 is 8.05. The Labute approximate surface area is 190 Å². The maximum absolute atomic E-state index is 5.73. The number of halogens is 1. The summed E-state index contributed by atoms with van der Waals surface area (Å²) in [5.41, 5.74) is 1.23. The van der Waals surface area contributed by atoms with Crippen LogP contribution in [0.4, 0.5) is 0 Å². The molecular formula is C21H33IN6O. The van der Waals surface area contributed by atoms with Crippen LogP contribution in [0.15, 0.2) is 29.3 Å². The summed E-state index contributed by atoms with van der Waals surface area (Å²) in [7, 11) is 1.79. The minimum absolute atomic E-state index is 0. The maximum Gasteiger partial charge on any atom is 0.191 e. The maximum atomic E-state index is 5.73. The highest BCUT2D eigenvalue weighted by Gasteiger charge is 2.14. The van der Waals surface area contributed by atoms with Crippen molar-refractivity contribution in [2.24, 2.45) is 4.99 Å². The number of aryl methyl sites for hydroxylation is 3. The van der Waals surface area contributed by atoms with Gasteiger partial charge in [-0.2, -0.15) is 0 Å². The monoisotopic (exact) mass is 512 g/mol. The topological polar surface area (TPSA) is 76.4 Å². The summed E-state index contributed by atoms with van der Waals surface area (Å²) >= 11 is 0. The van der Waals surface area contributed by atoms with E-state index in [9.17, 15) is 0 Å². The summed E-state index contributed by atoms with van der Waals surface area (Å²) in [5.74, 6) is 3.97. The molecule has 3 rings (SSSR count). The van der Waals surface area contributed by atoms with E-state index in [4.69, 9.17) is 4.74 Å². The second-order valence-corrected chi connectivity index (χ2v) is 7.19. The van der Waals surface area contributed by atoms with Gasteiger partial charge in [-0.05, 0) is 38.3 Å². The van der Waals surface area contributed by atoms with Crippen molar-refractivity contribution in [2.75, 3.05) is 26.7 Å². The Bertz CT molecular complexity index is 759. The molecule has 1 aromatic heterocycles. The molecule has 1 aliphatic rings. The van der Waals surface area contributed by atoms with Crippen LogP contribution >= 0.6 is 24.0 Å². The molecular weight excluding hydrogens is 479 g/mol. The highest BCUT2D eigenvalue weighted by molar-refractivity contribution is 14.0. The van der Waals surface area contributed by atoms with Crippen molar-refractivity contribution < 1.29 is 4.74 Å². The van der Waals surface area contributed by atoms with Crippen LogP contribution in [0.5, 0.6) is 5.75 Å². The predicted molar refractivity (Wildman–Crippen MR) is 127 cm³/mol. The quantitative estimate of drug-likeness (QED) is 0.246. The van der Waals surface area contributed by atoms with E-state index in [-0.39, 0.29) is 24.0 Å². The fourth-order valence-electron chi connectivity index (χ4n) is 3.38. The first kappa shape index (κ1) is 23.4. The third-order valence-electron chi connectivity index (χ3n) is 4.96. The van der Waals surface area contributed by atoms with Crippen molar-refractivity contribution >= 4 is 29.9 Å². The lowest BCUT2D eigenvalue weighted by Gasteiger charge is -2.13. The van der Waals surface area contributed by atoms with Gasteiger partial charge < -0.3 is 19.9 Å². The average Bonchev–Trinajstić information content (AvgIpc) is 2.94. The number of rotatable bonds is 8. The van der Waals surface area contributed by atoms with Gasteiger partial charge in [-0.15, -0.1) is 34.2 Å². The van der Waals surface area contributed by atoms with Crippen LogP contribution in [-0.4, -0.2) is 47.5 Å². The van der Waals surface area contributed by atoms with E-state index in [1.54, 1.807) is 7.05 Å². The van der Waals surface area contributed by atoms with E-state index < -0.39 is 0 Å². The number of nitrogens with zero attached hydrogens (tertiary/aromatic N) is 4. The van der Waals surface area contributed by atoms with E-state index in [1.807, 2.05) is 12.1 Å². The number of aliphatic imine (C=N–C) groups is 1. The number of guanidine groups is 1. The van der Waals surface area contributed by atoms with E-state index in [0.717, 1.165) is 55.7 Å². The van der Waals surface area contributed by atoms with Crippen molar-refractivity contribution in [3.8, 4) is 5.75 Å². The van der Waals surface area contributed by atoms with E-state index in [1.165, 1.54) is 24.8 Å². The molecule has 0 saturated carbocycles. The number of hydrogen-bond acceptors (Lipinski definition) is 4. The molecule has 0 atom stereocenters. The van der Waals surface area contributed by atoms with Gasteiger partial charge in [0.2, 0.25) is 0 Å². The zero-order chi connectivity index (χ0) is 19.6. The molecule has 1 aromatic carbocycles. The van der Waals surface area contributed by atoms with Gasteiger partial charge in [-0.1, -0.05) is 24.1 Å². The smallest absolute Gasteiger partial charge is 0.191 e. The number of benzene rings is 1. The van der Waals surface area contributed by atoms with Gasteiger partial charge in [0, 0.05) is 33.0 Å². The molecule has 0 saturated heterocycles. The molecule has 160 valence electrons. The molecule has 0 bridgehead atoms. The van der Waals surface area contributed by atoms with Gasteiger partial charge >= 0.3 is 0 Å². The molecule has 8 heteroatoms. The average molecular weight is 512 g/mol. The van der Waals surface area contributed by atoms with Crippen LogP contribution in [0, 0.1) is 6.92 Å². The third kappa shape index (κ3) is 7.49. The van der Waals surface area contributed by atoms with Gasteiger partial charge in [0.15, 0.2) is 5.96 Å². The third-order valence-corrected chi connectivity index (χ3v) is 4.96. The summed E-state index contributed by atoms with van der Waals surface area (Å²) in [6.45, 7) is 5.27.